The van der Waals surface area contributed by atoms with Gasteiger partial charge in [0.05, 0.1) is 0 Å². The minimum atomic E-state index is -0.746. The standard InChI is InChI=1S/C10H12F2.C9H12.C3H8.CH4/c1-3-7-5-6-9(11)10(12)8(7)4-2;1-7-4-5-8(2)9(3)6-7;1-3-2;/h5-6H,3-4H2,1-2H3;4-6H,1-3H3;3H2,1-2H3;1H4. The lowest BCUT2D eigenvalue weighted by Crippen LogP contribution is -1.98. The molecule has 0 saturated heterocycles. The van der Waals surface area contributed by atoms with Crippen LogP contribution < -0.4 is 0 Å². The molecular formula is C23H36F2. The summed E-state index contributed by atoms with van der Waals surface area (Å²) in [6.07, 6.45) is 2.55. The molecule has 0 amide bonds. The highest BCUT2D eigenvalue weighted by molar-refractivity contribution is 5.30. The topological polar surface area (TPSA) is 0 Å². The van der Waals surface area contributed by atoms with E-state index in [0.29, 0.717) is 12.0 Å². The van der Waals surface area contributed by atoms with Crippen molar-refractivity contribution in [3.63, 3.8) is 0 Å². The quantitative estimate of drug-likeness (QED) is 0.519. The van der Waals surface area contributed by atoms with Gasteiger partial charge in [-0.2, -0.15) is 0 Å². The van der Waals surface area contributed by atoms with Gasteiger partial charge in [-0.3, -0.25) is 0 Å². The predicted molar refractivity (Wildman–Crippen MR) is 108 cm³/mol. The first kappa shape index (κ1) is 25.5. The second-order valence-electron chi connectivity index (χ2n) is 6.00. The van der Waals surface area contributed by atoms with E-state index >= 15 is 0 Å². The van der Waals surface area contributed by atoms with Crippen LogP contribution in [-0.2, 0) is 12.8 Å². The van der Waals surface area contributed by atoms with Gasteiger partial charge < -0.3 is 0 Å². The van der Waals surface area contributed by atoms with Gasteiger partial charge in [0.15, 0.2) is 11.6 Å². The van der Waals surface area contributed by atoms with E-state index in [1.807, 2.05) is 13.8 Å². The maximum absolute atomic E-state index is 13.1. The predicted octanol–water partition coefficient (Wildman–Crippen LogP) is 7.75. The summed E-state index contributed by atoms with van der Waals surface area (Å²) in [4.78, 5) is 0. The van der Waals surface area contributed by atoms with Gasteiger partial charge in [-0.05, 0) is 61.9 Å². The molecule has 2 heteroatoms. The summed E-state index contributed by atoms with van der Waals surface area (Å²) in [5.41, 5.74) is 5.52. The van der Waals surface area contributed by atoms with Crippen LogP contribution in [0.15, 0.2) is 30.3 Å². The third-order valence-corrected chi connectivity index (χ3v) is 3.69. The normalized spacial score (nSPS) is 9.16. The number of hydrogen-bond acceptors (Lipinski definition) is 0. The Kier molecular flexibility index (Phi) is 13.9. The van der Waals surface area contributed by atoms with E-state index in [-0.39, 0.29) is 7.43 Å². The highest BCUT2D eigenvalue weighted by Gasteiger charge is 2.09. The van der Waals surface area contributed by atoms with Crippen LogP contribution in [0.1, 0.15) is 69.4 Å². The van der Waals surface area contributed by atoms with Gasteiger partial charge in [-0.1, -0.05) is 71.4 Å². The van der Waals surface area contributed by atoms with Gasteiger partial charge in [0, 0.05) is 0 Å². The second kappa shape index (κ2) is 13.6. The highest BCUT2D eigenvalue weighted by atomic mass is 19.2. The lowest BCUT2D eigenvalue weighted by atomic mass is 10.0. The molecule has 0 atom stereocenters. The Labute approximate surface area is 154 Å². The van der Waals surface area contributed by atoms with Crippen LogP contribution in [0.2, 0.25) is 0 Å². The first-order chi connectivity index (χ1) is 11.3. The molecule has 0 aliphatic rings. The molecule has 0 spiro atoms. The van der Waals surface area contributed by atoms with Crippen molar-refractivity contribution < 1.29 is 8.78 Å². The van der Waals surface area contributed by atoms with Crippen molar-refractivity contribution in [3.8, 4) is 0 Å². The SMILES string of the molecule is C.CCC.CCc1ccc(F)c(F)c1CC.Cc1ccc(C)c(C)c1. The molecule has 0 saturated carbocycles. The number of rotatable bonds is 2. The Hall–Kier alpha value is -1.70. The molecule has 0 bridgehead atoms. The zero-order valence-electron chi connectivity index (χ0n) is 16.3. The van der Waals surface area contributed by atoms with Crippen LogP contribution in [0, 0.1) is 32.4 Å². The summed E-state index contributed by atoms with van der Waals surface area (Å²) in [7, 11) is 0. The Morgan fingerprint density at radius 1 is 0.760 bits per heavy atom. The number of benzene rings is 2. The van der Waals surface area contributed by atoms with Crippen LogP contribution in [0.5, 0.6) is 0 Å². The fraction of sp³-hybridized carbons (Fsp3) is 0.478. The van der Waals surface area contributed by atoms with Crippen LogP contribution >= 0.6 is 0 Å². The van der Waals surface area contributed by atoms with Crippen molar-refractivity contribution in [1.82, 2.24) is 0 Å². The van der Waals surface area contributed by atoms with Gasteiger partial charge in [0.1, 0.15) is 0 Å². The van der Waals surface area contributed by atoms with Gasteiger partial charge in [-0.25, -0.2) is 8.78 Å². The van der Waals surface area contributed by atoms with Gasteiger partial charge >= 0.3 is 0 Å². The minimum absolute atomic E-state index is 0. The third kappa shape index (κ3) is 8.81. The van der Waals surface area contributed by atoms with E-state index in [4.69, 9.17) is 0 Å². The zero-order valence-corrected chi connectivity index (χ0v) is 16.3. The Morgan fingerprint density at radius 3 is 1.72 bits per heavy atom. The van der Waals surface area contributed by atoms with Crippen molar-refractivity contribution in [3.05, 3.63) is 69.8 Å². The molecule has 2 aromatic carbocycles. The molecule has 0 heterocycles. The molecule has 0 fully saturated rings. The average Bonchev–Trinajstić information content (AvgIpc) is 2.55. The Morgan fingerprint density at radius 2 is 1.32 bits per heavy atom. The van der Waals surface area contributed by atoms with E-state index in [1.165, 1.54) is 29.2 Å². The molecule has 25 heavy (non-hydrogen) atoms. The minimum Gasteiger partial charge on any atom is -0.204 e. The lowest BCUT2D eigenvalue weighted by Gasteiger charge is -2.06. The zero-order chi connectivity index (χ0) is 18.7. The fourth-order valence-electron chi connectivity index (χ4n) is 2.24. The van der Waals surface area contributed by atoms with Gasteiger partial charge in [0.2, 0.25) is 0 Å². The molecule has 0 aromatic heterocycles. The summed E-state index contributed by atoms with van der Waals surface area (Å²) in [6.45, 7) is 14.4. The van der Waals surface area contributed by atoms with Crippen LogP contribution in [0.4, 0.5) is 8.78 Å². The molecule has 2 rings (SSSR count). The van der Waals surface area contributed by atoms with Crippen molar-refractivity contribution in [2.24, 2.45) is 0 Å². The second-order valence-corrected chi connectivity index (χ2v) is 6.00. The summed E-state index contributed by atoms with van der Waals surface area (Å²) < 4.78 is 25.8. The van der Waals surface area contributed by atoms with Crippen molar-refractivity contribution in [2.45, 2.75) is 75.2 Å². The maximum Gasteiger partial charge on any atom is 0.162 e. The van der Waals surface area contributed by atoms with E-state index in [1.54, 1.807) is 6.07 Å². The van der Waals surface area contributed by atoms with E-state index in [9.17, 15) is 8.78 Å². The Bertz CT molecular complexity index is 616. The van der Waals surface area contributed by atoms with Crippen LogP contribution in [0.25, 0.3) is 0 Å². The average molecular weight is 351 g/mol. The van der Waals surface area contributed by atoms with Crippen LogP contribution in [0.3, 0.4) is 0 Å². The molecular weight excluding hydrogens is 314 g/mol. The van der Waals surface area contributed by atoms with E-state index in [2.05, 4.69) is 52.8 Å². The van der Waals surface area contributed by atoms with Gasteiger partial charge in [-0.15, -0.1) is 0 Å². The number of aryl methyl sites for hydroxylation is 4. The number of halogens is 2. The Balaban J connectivity index is 0. The molecule has 0 N–H and O–H groups in total. The highest BCUT2D eigenvalue weighted by Crippen LogP contribution is 2.17. The molecule has 142 valence electrons. The van der Waals surface area contributed by atoms with Crippen molar-refractivity contribution >= 4 is 0 Å². The van der Waals surface area contributed by atoms with E-state index in [0.717, 1.165) is 12.0 Å². The smallest absolute Gasteiger partial charge is 0.162 e. The maximum atomic E-state index is 13.1. The largest absolute Gasteiger partial charge is 0.204 e. The number of hydrogen-bond donors (Lipinski definition) is 0. The molecule has 0 aliphatic heterocycles. The lowest BCUT2D eigenvalue weighted by molar-refractivity contribution is 0.498. The summed E-state index contributed by atoms with van der Waals surface area (Å²) in [5.74, 6) is -1.43. The van der Waals surface area contributed by atoms with Crippen molar-refractivity contribution in [2.75, 3.05) is 0 Å². The molecule has 0 nitrogen and oxygen atoms in total. The first-order valence-corrected chi connectivity index (χ1v) is 8.81. The summed E-state index contributed by atoms with van der Waals surface area (Å²) in [6, 6.07) is 9.34. The van der Waals surface area contributed by atoms with E-state index < -0.39 is 11.6 Å². The van der Waals surface area contributed by atoms with Crippen molar-refractivity contribution in [1.29, 1.82) is 0 Å². The first-order valence-electron chi connectivity index (χ1n) is 8.81. The molecule has 2 aromatic rings. The van der Waals surface area contributed by atoms with Gasteiger partial charge in [0.25, 0.3) is 0 Å². The molecule has 0 radical (unpaired) electrons. The third-order valence-electron chi connectivity index (χ3n) is 3.69. The molecule has 0 aliphatic carbocycles. The fourth-order valence-corrected chi connectivity index (χ4v) is 2.24. The van der Waals surface area contributed by atoms with Crippen LogP contribution in [-0.4, -0.2) is 0 Å². The molecule has 0 unspecified atom stereocenters. The summed E-state index contributed by atoms with van der Waals surface area (Å²) in [5, 5.41) is 0. The summed E-state index contributed by atoms with van der Waals surface area (Å²) >= 11 is 0. The monoisotopic (exact) mass is 350 g/mol.